The minimum atomic E-state index is -0.633. The molecule has 33 valence electrons. The second-order valence-corrected chi connectivity index (χ2v) is 64.7. The normalized spacial score (nSPS) is 7.20. The predicted octanol–water partition coefficient (Wildman–Crippen LogP) is 1.45. The van der Waals surface area contributed by atoms with Crippen molar-refractivity contribution in [3.8, 4) is 0 Å². The van der Waals surface area contributed by atoms with Gasteiger partial charge in [-0.25, -0.2) is 0 Å². The van der Waals surface area contributed by atoms with Crippen molar-refractivity contribution in [1.82, 2.24) is 0 Å². The maximum atomic E-state index is 2.51. The van der Waals surface area contributed by atoms with Gasteiger partial charge in [-0.1, -0.05) is 0 Å². The van der Waals surface area contributed by atoms with Crippen molar-refractivity contribution in [3.63, 3.8) is 0 Å². The summed E-state index contributed by atoms with van der Waals surface area (Å²) in [6, 6.07) is 0. The van der Waals surface area contributed by atoms with Gasteiger partial charge in [0.15, 0.2) is 0 Å². The van der Waals surface area contributed by atoms with E-state index in [-0.39, 0.29) is 5.48 Å². The van der Waals surface area contributed by atoms with Crippen molar-refractivity contribution in [2.45, 2.75) is 0 Å². The molecule has 0 aliphatic carbocycles. The number of halogens is 3. The molecule has 1 radical (unpaired) electrons. The molecule has 0 aromatic rings. The Labute approximate surface area is 67.3 Å². The zero-order valence-electron chi connectivity index (χ0n) is 2.13. The van der Waals surface area contributed by atoms with Crippen LogP contribution in [0.1, 0.15) is 0 Å². The van der Waals surface area contributed by atoms with Crippen LogP contribution in [0.4, 0.5) is 0 Å². The molecule has 5 heteroatoms. The van der Waals surface area contributed by atoms with Crippen molar-refractivity contribution in [2.75, 3.05) is 0 Å². The van der Waals surface area contributed by atoms with Crippen LogP contribution < -0.4 is 0 Å². The third-order valence-electron chi connectivity index (χ3n) is 0. The minimum absolute atomic E-state index is 0. The second kappa shape index (κ2) is 6.95. The van der Waals surface area contributed by atoms with Crippen LogP contribution in [0.25, 0.3) is 0 Å². The van der Waals surface area contributed by atoms with E-state index >= 15 is 0 Å². The van der Waals surface area contributed by atoms with Gasteiger partial charge in [-0.15, -0.1) is 0 Å². The summed E-state index contributed by atoms with van der Waals surface area (Å²) >= 11 is 7.54. The van der Waals surface area contributed by atoms with Crippen LogP contribution in [0.3, 0.4) is 0 Å². The summed E-state index contributed by atoms with van der Waals surface area (Å²) < 4.78 is 0. The molecule has 0 unspecified atom stereocenters. The molecule has 1 nitrogen and oxygen atoms in total. The standard InChI is InChI=1S/3HI.H2O.Sn/h3*1H;1H2;/q;;;;+3/p-3. The molecule has 0 aromatic carbocycles. The molecule has 2 N–H and O–H groups in total. The molecule has 0 bridgehead atoms. The summed E-state index contributed by atoms with van der Waals surface area (Å²) in [6.45, 7) is 0. The van der Waals surface area contributed by atoms with E-state index in [9.17, 15) is 0 Å². The first kappa shape index (κ1) is 10.8. The van der Waals surface area contributed by atoms with E-state index in [1.54, 1.807) is 0 Å². The van der Waals surface area contributed by atoms with E-state index in [2.05, 4.69) is 55.9 Å². The fourth-order valence-corrected chi connectivity index (χ4v) is 0. The van der Waals surface area contributed by atoms with Crippen molar-refractivity contribution in [1.29, 1.82) is 0 Å². The van der Waals surface area contributed by atoms with Crippen molar-refractivity contribution < 1.29 is 5.48 Å². The average Bonchev–Trinajstić information content (AvgIpc) is 0.811. The van der Waals surface area contributed by atoms with Gasteiger partial charge in [-0.2, -0.15) is 0 Å². The Morgan fingerprint density at radius 3 is 1.00 bits per heavy atom. The van der Waals surface area contributed by atoms with Crippen LogP contribution in [-0.4, -0.2) is 13.3 Å². The summed E-state index contributed by atoms with van der Waals surface area (Å²) in [5.74, 6) is 0. The molecule has 0 amide bonds. The summed E-state index contributed by atoms with van der Waals surface area (Å²) in [4.78, 5) is 0. The molecule has 0 aliphatic rings. The molecule has 0 saturated heterocycles. The van der Waals surface area contributed by atoms with Gasteiger partial charge in [-0.3, -0.25) is 0 Å². The first-order valence-electron chi connectivity index (χ1n) is 0.567. The molecule has 0 saturated carbocycles. The van der Waals surface area contributed by atoms with Crippen LogP contribution in [0.5, 0.6) is 0 Å². The van der Waals surface area contributed by atoms with E-state index in [4.69, 9.17) is 0 Å². The number of hydrogen-bond donors (Lipinski definition) is 0. The van der Waals surface area contributed by atoms with Gasteiger partial charge in [0.1, 0.15) is 0 Å². The molecule has 0 aliphatic heterocycles. The molecule has 0 aromatic heterocycles. The maximum absolute atomic E-state index is 2.51. The Morgan fingerprint density at radius 1 is 1.00 bits per heavy atom. The molecular weight excluding hydrogens is 515 g/mol. The Bertz CT molecular complexity index is 11.6. The van der Waals surface area contributed by atoms with Gasteiger partial charge in [0.2, 0.25) is 0 Å². The van der Waals surface area contributed by atoms with Gasteiger partial charge >= 0.3 is 63.8 Å². The summed E-state index contributed by atoms with van der Waals surface area (Å²) in [7, 11) is -0.633. The first-order valence-corrected chi connectivity index (χ1v) is 25.5. The fraction of sp³-hybridized carbons (Fsp3) is 0. The van der Waals surface area contributed by atoms with Gasteiger partial charge in [0, 0.05) is 0 Å². The molecule has 0 rings (SSSR count). The molecule has 0 atom stereocenters. The van der Waals surface area contributed by atoms with Gasteiger partial charge < -0.3 is 5.48 Å². The SMILES string of the molecule is O.[I][Sn]([I])[I]. The summed E-state index contributed by atoms with van der Waals surface area (Å²) in [5.41, 5.74) is 0. The Morgan fingerprint density at radius 2 is 1.00 bits per heavy atom. The van der Waals surface area contributed by atoms with Crippen LogP contribution >= 0.6 is 55.9 Å². The van der Waals surface area contributed by atoms with Crippen LogP contribution in [-0.2, 0) is 0 Å². The number of hydrogen-bond acceptors (Lipinski definition) is 0. The van der Waals surface area contributed by atoms with E-state index < -0.39 is 7.86 Å². The van der Waals surface area contributed by atoms with E-state index in [0.717, 1.165) is 0 Å². The van der Waals surface area contributed by atoms with Crippen molar-refractivity contribution in [2.24, 2.45) is 0 Å². The van der Waals surface area contributed by atoms with E-state index in [0.29, 0.717) is 0 Å². The first-order chi connectivity index (χ1) is 1.73. The predicted molar refractivity (Wildman–Crippen MR) is 51.4 cm³/mol. The van der Waals surface area contributed by atoms with Gasteiger partial charge in [0.05, 0.1) is 0 Å². The zero-order valence-corrected chi connectivity index (χ0v) is 11.5. The van der Waals surface area contributed by atoms with Gasteiger partial charge in [-0.05, 0) is 0 Å². The van der Waals surface area contributed by atoms with E-state index in [1.807, 2.05) is 0 Å². The molecule has 0 fully saturated rings. The average molecular weight is 517 g/mol. The quantitative estimate of drug-likeness (QED) is 0.345. The van der Waals surface area contributed by atoms with Crippen LogP contribution in [0.2, 0.25) is 0 Å². The zero-order chi connectivity index (χ0) is 3.58. The topological polar surface area (TPSA) is 31.5 Å². The van der Waals surface area contributed by atoms with Crippen LogP contribution in [0, 0.1) is 0 Å². The Hall–Kier alpha value is 2.95. The Kier molecular flexibility index (Phi) is 15.1. The molecule has 5 heavy (non-hydrogen) atoms. The molecule has 0 spiro atoms. The van der Waals surface area contributed by atoms with E-state index in [1.165, 1.54) is 0 Å². The van der Waals surface area contributed by atoms with Crippen molar-refractivity contribution in [3.05, 3.63) is 0 Å². The van der Waals surface area contributed by atoms with Crippen LogP contribution in [0.15, 0.2) is 0 Å². The number of rotatable bonds is 0. The molecule has 0 heterocycles. The van der Waals surface area contributed by atoms with Crippen molar-refractivity contribution >= 4 is 63.8 Å². The molecular formula is H2I3OSn. The second-order valence-electron chi connectivity index (χ2n) is 0.214. The van der Waals surface area contributed by atoms with Gasteiger partial charge in [0.25, 0.3) is 0 Å². The summed E-state index contributed by atoms with van der Waals surface area (Å²) in [6.07, 6.45) is 0. The fourth-order valence-electron chi connectivity index (χ4n) is 0. The summed E-state index contributed by atoms with van der Waals surface area (Å²) in [5, 5.41) is 0. The third kappa shape index (κ3) is 19.6. The Balaban J connectivity index is 0. The monoisotopic (exact) mass is 519 g/mol. The third-order valence-corrected chi connectivity index (χ3v) is 0.